The first-order valence-electron chi connectivity index (χ1n) is 4.48. The number of rotatable bonds is 1. The van der Waals surface area contributed by atoms with Crippen LogP contribution >= 0.6 is 15.9 Å². The topological polar surface area (TPSA) is 17.8 Å². The minimum absolute atomic E-state index is 0.649. The number of aromatic nitrogens is 2. The highest BCUT2D eigenvalue weighted by molar-refractivity contribution is 9.10. The third kappa shape index (κ3) is 1.10. The molecular weight excluding hydrogens is 228 g/mol. The first kappa shape index (κ1) is 7.56. The summed E-state index contributed by atoms with van der Waals surface area (Å²) in [5, 5.41) is 5.63. The average molecular weight is 237 g/mol. The number of benzene rings is 1. The van der Waals surface area contributed by atoms with Crippen LogP contribution in [0.5, 0.6) is 0 Å². The van der Waals surface area contributed by atoms with Crippen LogP contribution in [0.15, 0.2) is 28.9 Å². The van der Waals surface area contributed by atoms with Gasteiger partial charge < -0.3 is 0 Å². The van der Waals surface area contributed by atoms with Crippen molar-refractivity contribution in [2.24, 2.45) is 0 Å². The molecule has 0 bridgehead atoms. The van der Waals surface area contributed by atoms with Gasteiger partial charge in [-0.2, -0.15) is 5.10 Å². The second-order valence-corrected chi connectivity index (χ2v) is 4.35. The maximum absolute atomic E-state index is 4.40. The molecule has 13 heavy (non-hydrogen) atoms. The smallest absolute Gasteiger partial charge is 0.0827 e. The number of fused-ring (bicyclic) bond motifs is 1. The van der Waals surface area contributed by atoms with Crippen LogP contribution in [0.4, 0.5) is 0 Å². The fourth-order valence-electron chi connectivity index (χ4n) is 1.66. The van der Waals surface area contributed by atoms with Gasteiger partial charge in [-0.3, -0.25) is 4.68 Å². The predicted molar refractivity (Wildman–Crippen MR) is 55.7 cm³/mol. The van der Waals surface area contributed by atoms with E-state index in [0.717, 1.165) is 4.47 Å². The van der Waals surface area contributed by atoms with E-state index >= 15 is 0 Å². The molecule has 2 aromatic rings. The van der Waals surface area contributed by atoms with Crippen molar-refractivity contribution in [3.63, 3.8) is 0 Å². The van der Waals surface area contributed by atoms with Crippen molar-refractivity contribution >= 4 is 26.8 Å². The van der Waals surface area contributed by atoms with Crippen molar-refractivity contribution in [1.82, 2.24) is 9.78 Å². The molecule has 0 amide bonds. The zero-order valence-corrected chi connectivity index (χ0v) is 8.66. The minimum atomic E-state index is 0.649. The van der Waals surface area contributed by atoms with Gasteiger partial charge in [0.05, 0.1) is 17.8 Å². The van der Waals surface area contributed by atoms with Gasteiger partial charge in [-0.15, -0.1) is 0 Å². The van der Waals surface area contributed by atoms with Crippen LogP contribution in [0.1, 0.15) is 18.9 Å². The number of halogens is 1. The Balaban J connectivity index is 2.34. The van der Waals surface area contributed by atoms with Crippen molar-refractivity contribution < 1.29 is 0 Å². The van der Waals surface area contributed by atoms with Gasteiger partial charge in [-0.25, -0.2) is 0 Å². The van der Waals surface area contributed by atoms with Crippen LogP contribution in [-0.4, -0.2) is 9.78 Å². The summed E-state index contributed by atoms with van der Waals surface area (Å²) < 4.78 is 3.29. The lowest BCUT2D eigenvalue weighted by Crippen LogP contribution is -1.95. The number of para-hydroxylation sites is 1. The van der Waals surface area contributed by atoms with Gasteiger partial charge in [0.2, 0.25) is 0 Å². The van der Waals surface area contributed by atoms with Crippen molar-refractivity contribution in [1.29, 1.82) is 0 Å². The van der Waals surface area contributed by atoms with Crippen molar-refractivity contribution in [2.45, 2.75) is 18.9 Å². The largest absolute Gasteiger partial charge is 0.261 e. The fourth-order valence-corrected chi connectivity index (χ4v) is 2.22. The first-order valence-corrected chi connectivity index (χ1v) is 5.27. The predicted octanol–water partition coefficient (Wildman–Crippen LogP) is 3.13. The summed E-state index contributed by atoms with van der Waals surface area (Å²) in [6.45, 7) is 0. The summed E-state index contributed by atoms with van der Waals surface area (Å²) in [6.07, 6.45) is 4.49. The molecule has 0 unspecified atom stereocenters. The van der Waals surface area contributed by atoms with Crippen molar-refractivity contribution in [3.8, 4) is 0 Å². The van der Waals surface area contributed by atoms with E-state index in [2.05, 4.69) is 37.8 Å². The molecule has 3 heteroatoms. The molecule has 1 aliphatic rings. The van der Waals surface area contributed by atoms with Gasteiger partial charge in [-0.1, -0.05) is 12.1 Å². The monoisotopic (exact) mass is 236 g/mol. The quantitative estimate of drug-likeness (QED) is 0.744. The van der Waals surface area contributed by atoms with E-state index in [4.69, 9.17) is 0 Å². The maximum Gasteiger partial charge on any atom is 0.0827 e. The Bertz CT molecular complexity index is 457. The molecule has 3 rings (SSSR count). The molecule has 1 fully saturated rings. The van der Waals surface area contributed by atoms with Crippen LogP contribution in [0.2, 0.25) is 0 Å². The Hall–Kier alpha value is -0.830. The molecule has 0 aliphatic heterocycles. The Morgan fingerprint density at radius 2 is 2.23 bits per heavy atom. The highest BCUT2D eigenvalue weighted by atomic mass is 79.9. The second-order valence-electron chi connectivity index (χ2n) is 3.50. The Morgan fingerprint density at radius 3 is 3.00 bits per heavy atom. The van der Waals surface area contributed by atoms with Crippen LogP contribution in [-0.2, 0) is 0 Å². The standard InChI is InChI=1S/C10H9BrN2/c11-9-3-1-2-7-6-12-13(10(7)9)8-4-5-8/h1-3,6,8H,4-5H2. The van der Waals surface area contributed by atoms with Crippen molar-refractivity contribution in [2.75, 3.05) is 0 Å². The molecule has 66 valence electrons. The summed E-state index contributed by atoms with van der Waals surface area (Å²) >= 11 is 3.56. The Kier molecular flexibility index (Phi) is 1.50. The summed E-state index contributed by atoms with van der Waals surface area (Å²) in [4.78, 5) is 0. The lowest BCUT2D eigenvalue weighted by molar-refractivity contribution is 0.664. The third-order valence-corrected chi connectivity index (χ3v) is 3.10. The van der Waals surface area contributed by atoms with E-state index < -0.39 is 0 Å². The molecule has 0 saturated heterocycles. The van der Waals surface area contributed by atoms with E-state index in [1.807, 2.05) is 12.3 Å². The molecule has 0 spiro atoms. The van der Waals surface area contributed by atoms with Crippen molar-refractivity contribution in [3.05, 3.63) is 28.9 Å². The maximum atomic E-state index is 4.40. The van der Waals surface area contributed by atoms with Gasteiger partial charge in [0.15, 0.2) is 0 Å². The lowest BCUT2D eigenvalue weighted by Gasteiger charge is -2.01. The van der Waals surface area contributed by atoms with Gasteiger partial charge >= 0.3 is 0 Å². The van der Waals surface area contributed by atoms with Crippen LogP contribution in [0.3, 0.4) is 0 Å². The zero-order chi connectivity index (χ0) is 8.84. The van der Waals surface area contributed by atoms with Crippen LogP contribution in [0.25, 0.3) is 10.9 Å². The molecule has 1 saturated carbocycles. The molecule has 0 N–H and O–H groups in total. The average Bonchev–Trinajstić information content (AvgIpc) is 2.87. The Labute approximate surface area is 84.7 Å². The molecule has 1 heterocycles. The number of hydrogen-bond donors (Lipinski definition) is 0. The summed E-state index contributed by atoms with van der Waals surface area (Å²) in [5.74, 6) is 0. The van der Waals surface area contributed by atoms with E-state index in [1.54, 1.807) is 0 Å². The molecule has 2 nitrogen and oxygen atoms in total. The van der Waals surface area contributed by atoms with E-state index in [0.29, 0.717) is 6.04 Å². The molecule has 1 aliphatic carbocycles. The zero-order valence-electron chi connectivity index (χ0n) is 7.07. The highest BCUT2D eigenvalue weighted by Crippen LogP contribution is 2.38. The highest BCUT2D eigenvalue weighted by Gasteiger charge is 2.26. The normalized spacial score (nSPS) is 16.7. The lowest BCUT2D eigenvalue weighted by atomic mass is 10.2. The van der Waals surface area contributed by atoms with Crippen LogP contribution in [0, 0.1) is 0 Å². The van der Waals surface area contributed by atoms with E-state index in [-0.39, 0.29) is 0 Å². The van der Waals surface area contributed by atoms with E-state index in [9.17, 15) is 0 Å². The van der Waals surface area contributed by atoms with Gasteiger partial charge in [0.1, 0.15) is 0 Å². The SMILES string of the molecule is Brc1cccc2cnn(C3CC3)c12. The molecule has 1 aromatic heterocycles. The van der Waals surface area contributed by atoms with Gasteiger partial charge in [0.25, 0.3) is 0 Å². The van der Waals surface area contributed by atoms with Gasteiger partial charge in [-0.05, 0) is 34.8 Å². The molecule has 0 radical (unpaired) electrons. The van der Waals surface area contributed by atoms with Crippen LogP contribution < -0.4 is 0 Å². The third-order valence-electron chi connectivity index (χ3n) is 2.46. The second kappa shape index (κ2) is 2.58. The summed E-state index contributed by atoms with van der Waals surface area (Å²) in [5.41, 5.74) is 1.24. The fraction of sp³-hybridized carbons (Fsp3) is 0.300. The number of hydrogen-bond acceptors (Lipinski definition) is 1. The number of nitrogens with zero attached hydrogens (tertiary/aromatic N) is 2. The molecule has 0 atom stereocenters. The van der Waals surface area contributed by atoms with Gasteiger partial charge in [0, 0.05) is 9.86 Å². The summed E-state index contributed by atoms with van der Waals surface area (Å²) in [7, 11) is 0. The summed E-state index contributed by atoms with van der Waals surface area (Å²) in [6, 6.07) is 6.87. The molecule has 1 aromatic carbocycles. The molecular formula is C10H9BrN2. The first-order chi connectivity index (χ1) is 6.36. The van der Waals surface area contributed by atoms with E-state index in [1.165, 1.54) is 23.7 Å². The minimum Gasteiger partial charge on any atom is -0.261 e. The Morgan fingerprint density at radius 1 is 1.38 bits per heavy atom.